The molecule has 1 aromatic rings. The molecule has 1 nitrogen and oxygen atoms in total. The van der Waals surface area contributed by atoms with Crippen molar-refractivity contribution in [2.45, 2.75) is 77.0 Å². The number of hydrogen-bond donors (Lipinski definition) is 0. The van der Waals surface area contributed by atoms with Crippen molar-refractivity contribution in [1.82, 2.24) is 0 Å². The highest BCUT2D eigenvalue weighted by Crippen LogP contribution is 2.28. The monoisotopic (exact) mass is 380 g/mol. The highest BCUT2D eigenvalue weighted by atomic mass is 32.2. The van der Waals surface area contributed by atoms with Gasteiger partial charge in [-0.25, -0.2) is 17.6 Å². The Bertz CT molecular complexity index is 560. The summed E-state index contributed by atoms with van der Waals surface area (Å²) in [4.78, 5) is -0.962. The summed E-state index contributed by atoms with van der Waals surface area (Å²) in [5, 5.41) is 0. The normalized spacial score (nSPS) is 13.9. The van der Waals surface area contributed by atoms with E-state index in [0.29, 0.717) is 0 Å². The lowest BCUT2D eigenvalue weighted by Gasteiger charge is -2.17. The summed E-state index contributed by atoms with van der Waals surface area (Å²) in [5.74, 6) is -5.93. The summed E-state index contributed by atoms with van der Waals surface area (Å²) in [6.45, 7) is 5.10. The standard InChI is InChI=1S/C19H28F4OS/c1-4-6-8-9-11-14(10-7-5-2)12-25(24)19-17(22)15(20)13(3)16(21)18(19)23/h14H,4-12H2,1-3H3. The first-order chi connectivity index (χ1) is 11.8. The van der Waals surface area contributed by atoms with Gasteiger partial charge in [-0.15, -0.1) is 0 Å². The van der Waals surface area contributed by atoms with E-state index in [4.69, 9.17) is 0 Å². The minimum absolute atomic E-state index is 0.0297. The van der Waals surface area contributed by atoms with Crippen LogP contribution in [0.1, 0.15) is 70.8 Å². The maximum atomic E-state index is 14.0. The minimum atomic E-state index is -2.11. The van der Waals surface area contributed by atoms with E-state index in [-0.39, 0.29) is 11.7 Å². The van der Waals surface area contributed by atoms with Gasteiger partial charge in [-0.05, 0) is 25.7 Å². The van der Waals surface area contributed by atoms with Crippen molar-refractivity contribution in [2.75, 3.05) is 5.75 Å². The molecule has 6 heteroatoms. The highest BCUT2D eigenvalue weighted by molar-refractivity contribution is 7.85. The lowest BCUT2D eigenvalue weighted by atomic mass is 9.97. The van der Waals surface area contributed by atoms with E-state index in [9.17, 15) is 21.8 Å². The van der Waals surface area contributed by atoms with Crippen LogP contribution in [0.15, 0.2) is 4.90 Å². The molecule has 0 saturated carbocycles. The van der Waals surface area contributed by atoms with Crippen LogP contribution in [0, 0.1) is 36.1 Å². The maximum absolute atomic E-state index is 14.0. The fraction of sp³-hybridized carbons (Fsp3) is 0.684. The Labute approximate surface area is 150 Å². The van der Waals surface area contributed by atoms with Crippen molar-refractivity contribution in [3.63, 3.8) is 0 Å². The molecule has 0 aromatic heterocycles. The molecule has 0 aliphatic rings. The molecule has 0 N–H and O–H groups in total. The first kappa shape index (κ1) is 22.1. The fourth-order valence-electron chi connectivity index (χ4n) is 2.88. The van der Waals surface area contributed by atoms with Gasteiger partial charge in [-0.3, -0.25) is 4.21 Å². The van der Waals surface area contributed by atoms with Crippen molar-refractivity contribution in [1.29, 1.82) is 0 Å². The van der Waals surface area contributed by atoms with Gasteiger partial charge in [0.15, 0.2) is 23.3 Å². The summed E-state index contributed by atoms with van der Waals surface area (Å²) >= 11 is 0. The molecule has 0 aliphatic heterocycles. The first-order valence-electron chi connectivity index (χ1n) is 9.05. The number of hydrogen-bond acceptors (Lipinski definition) is 1. The second-order valence-electron chi connectivity index (χ2n) is 6.58. The number of rotatable bonds is 11. The van der Waals surface area contributed by atoms with Crippen LogP contribution in [0.4, 0.5) is 17.6 Å². The van der Waals surface area contributed by atoms with E-state index in [1.807, 2.05) is 6.92 Å². The van der Waals surface area contributed by atoms with Crippen LogP contribution in [0.5, 0.6) is 0 Å². The molecule has 2 atom stereocenters. The molecule has 0 fully saturated rings. The van der Waals surface area contributed by atoms with Crippen molar-refractivity contribution in [3.05, 3.63) is 28.8 Å². The largest absolute Gasteiger partial charge is 0.254 e. The molecule has 1 aromatic carbocycles. The van der Waals surface area contributed by atoms with Crippen LogP contribution in [0.25, 0.3) is 0 Å². The molecule has 0 bridgehead atoms. The van der Waals surface area contributed by atoms with Crippen LogP contribution < -0.4 is 0 Å². The van der Waals surface area contributed by atoms with Crippen molar-refractivity contribution >= 4 is 10.8 Å². The molecular formula is C19H28F4OS. The highest BCUT2D eigenvalue weighted by Gasteiger charge is 2.28. The summed E-state index contributed by atoms with van der Waals surface area (Å²) in [7, 11) is -2.11. The van der Waals surface area contributed by atoms with Gasteiger partial charge < -0.3 is 0 Å². The Morgan fingerprint density at radius 1 is 0.800 bits per heavy atom. The fourth-order valence-corrected chi connectivity index (χ4v) is 4.39. The topological polar surface area (TPSA) is 17.1 Å². The zero-order valence-corrected chi connectivity index (χ0v) is 16.1. The van der Waals surface area contributed by atoms with Gasteiger partial charge in [0.2, 0.25) is 0 Å². The molecule has 0 saturated heterocycles. The second kappa shape index (κ2) is 10.9. The average Bonchev–Trinajstić information content (AvgIpc) is 2.59. The van der Waals surface area contributed by atoms with Gasteiger partial charge in [0.05, 0.1) is 10.8 Å². The summed E-state index contributed by atoms with van der Waals surface area (Å²) in [6.07, 6.45) is 7.74. The maximum Gasteiger partial charge on any atom is 0.178 e. The van der Waals surface area contributed by atoms with E-state index in [2.05, 4.69) is 6.92 Å². The minimum Gasteiger partial charge on any atom is -0.254 e. The predicted molar refractivity (Wildman–Crippen MR) is 94.1 cm³/mol. The Morgan fingerprint density at radius 2 is 1.32 bits per heavy atom. The Hall–Kier alpha value is -0.910. The summed E-state index contributed by atoms with van der Waals surface area (Å²) in [6, 6.07) is 0. The molecular weight excluding hydrogens is 352 g/mol. The second-order valence-corrected chi connectivity index (χ2v) is 8.01. The Morgan fingerprint density at radius 3 is 1.84 bits per heavy atom. The Kier molecular flexibility index (Phi) is 9.69. The van der Waals surface area contributed by atoms with Crippen LogP contribution in [0.2, 0.25) is 0 Å². The molecule has 144 valence electrons. The third-order valence-electron chi connectivity index (χ3n) is 4.49. The van der Waals surface area contributed by atoms with E-state index < -0.39 is 44.5 Å². The van der Waals surface area contributed by atoms with Gasteiger partial charge >= 0.3 is 0 Å². The first-order valence-corrected chi connectivity index (χ1v) is 10.4. The van der Waals surface area contributed by atoms with Crippen molar-refractivity contribution in [3.8, 4) is 0 Å². The Balaban J connectivity index is 2.92. The lowest BCUT2D eigenvalue weighted by Crippen LogP contribution is -2.16. The zero-order valence-electron chi connectivity index (χ0n) is 15.3. The third-order valence-corrected chi connectivity index (χ3v) is 6.08. The third kappa shape index (κ3) is 6.08. The molecule has 0 radical (unpaired) electrons. The lowest BCUT2D eigenvalue weighted by molar-refractivity contribution is 0.413. The quantitative estimate of drug-likeness (QED) is 0.245. The zero-order chi connectivity index (χ0) is 19.0. The van der Waals surface area contributed by atoms with Gasteiger partial charge in [-0.2, -0.15) is 0 Å². The summed E-state index contributed by atoms with van der Waals surface area (Å²) < 4.78 is 67.9. The molecule has 2 unspecified atom stereocenters. The van der Waals surface area contributed by atoms with Crippen LogP contribution in [0.3, 0.4) is 0 Å². The molecule has 0 amide bonds. The van der Waals surface area contributed by atoms with Gasteiger partial charge in [0, 0.05) is 11.3 Å². The van der Waals surface area contributed by atoms with E-state index in [1.165, 1.54) is 0 Å². The number of benzene rings is 1. The SMILES string of the molecule is CCCCCCC(CCCC)CS(=O)c1c(F)c(F)c(C)c(F)c1F. The predicted octanol–water partition coefficient (Wildman–Crippen LogP) is 6.44. The molecule has 0 aliphatic carbocycles. The smallest absolute Gasteiger partial charge is 0.178 e. The number of halogens is 4. The number of unbranched alkanes of at least 4 members (excludes halogenated alkanes) is 4. The van der Waals surface area contributed by atoms with Crippen molar-refractivity contribution in [2.24, 2.45) is 5.92 Å². The molecule has 1 rings (SSSR count). The van der Waals surface area contributed by atoms with Gasteiger partial charge in [0.25, 0.3) is 0 Å². The molecule has 0 heterocycles. The van der Waals surface area contributed by atoms with Gasteiger partial charge in [-0.1, -0.05) is 52.4 Å². The molecule has 0 spiro atoms. The average molecular weight is 380 g/mol. The van der Waals surface area contributed by atoms with E-state index in [0.717, 1.165) is 58.3 Å². The summed E-state index contributed by atoms with van der Waals surface area (Å²) in [5.41, 5.74) is -0.724. The van der Waals surface area contributed by atoms with E-state index >= 15 is 0 Å². The van der Waals surface area contributed by atoms with Crippen LogP contribution >= 0.6 is 0 Å². The van der Waals surface area contributed by atoms with Crippen LogP contribution in [-0.4, -0.2) is 9.96 Å². The van der Waals surface area contributed by atoms with E-state index in [1.54, 1.807) is 0 Å². The van der Waals surface area contributed by atoms with Gasteiger partial charge in [0.1, 0.15) is 4.90 Å². The van der Waals surface area contributed by atoms with Crippen molar-refractivity contribution < 1.29 is 21.8 Å². The molecule has 25 heavy (non-hydrogen) atoms. The van der Waals surface area contributed by atoms with Crippen LogP contribution in [-0.2, 0) is 10.8 Å².